The van der Waals surface area contributed by atoms with Crippen LogP contribution in [0.15, 0.2) is 24.3 Å². The summed E-state index contributed by atoms with van der Waals surface area (Å²) in [6.45, 7) is 4.20. The van der Waals surface area contributed by atoms with E-state index >= 15 is 0 Å². The van der Waals surface area contributed by atoms with E-state index in [1.807, 2.05) is 18.2 Å². The number of benzene rings is 1. The van der Waals surface area contributed by atoms with Crippen molar-refractivity contribution in [3.63, 3.8) is 0 Å². The lowest BCUT2D eigenvalue weighted by Crippen LogP contribution is -2.51. The second-order valence-electron chi connectivity index (χ2n) is 5.77. The van der Waals surface area contributed by atoms with Gasteiger partial charge in [0.1, 0.15) is 0 Å². The molecule has 1 heterocycles. The minimum absolute atomic E-state index is 0.109. The van der Waals surface area contributed by atoms with Gasteiger partial charge in [0.05, 0.1) is 6.04 Å². The monoisotopic (exact) mass is 258 g/mol. The minimum Gasteiger partial charge on any atom is -0.304 e. The van der Waals surface area contributed by atoms with Crippen molar-refractivity contribution in [2.45, 2.75) is 25.3 Å². The molecule has 19 heavy (non-hydrogen) atoms. The summed E-state index contributed by atoms with van der Waals surface area (Å²) < 4.78 is 0. The van der Waals surface area contributed by atoms with Crippen molar-refractivity contribution in [3.05, 3.63) is 35.4 Å². The zero-order valence-corrected chi connectivity index (χ0v) is 11.6. The molecule has 0 radical (unpaired) electrons. The maximum absolute atomic E-state index is 12.8. The van der Waals surface area contributed by atoms with Crippen molar-refractivity contribution in [2.24, 2.45) is 0 Å². The van der Waals surface area contributed by atoms with Gasteiger partial charge in [0.15, 0.2) is 5.78 Å². The van der Waals surface area contributed by atoms with Crippen molar-refractivity contribution in [2.75, 3.05) is 33.2 Å². The maximum Gasteiger partial charge on any atom is 0.180 e. The third-order valence-corrected chi connectivity index (χ3v) is 4.49. The van der Waals surface area contributed by atoms with Gasteiger partial charge >= 0.3 is 0 Å². The molecule has 1 aliphatic carbocycles. The van der Waals surface area contributed by atoms with Gasteiger partial charge in [-0.05, 0) is 31.9 Å². The molecule has 2 aliphatic rings. The van der Waals surface area contributed by atoms with Crippen LogP contribution in [0.1, 0.15) is 28.8 Å². The molecule has 3 nitrogen and oxygen atoms in total. The molecule has 0 unspecified atom stereocenters. The first-order valence-corrected chi connectivity index (χ1v) is 7.30. The van der Waals surface area contributed by atoms with Gasteiger partial charge in [-0.15, -0.1) is 0 Å². The third kappa shape index (κ3) is 2.58. The number of ketones is 1. The lowest BCUT2D eigenvalue weighted by molar-refractivity contribution is 0.0691. The van der Waals surface area contributed by atoms with Gasteiger partial charge in [-0.2, -0.15) is 0 Å². The first-order valence-electron chi connectivity index (χ1n) is 7.30. The number of rotatable bonds is 1. The first kappa shape index (κ1) is 12.8. The van der Waals surface area contributed by atoms with Gasteiger partial charge < -0.3 is 4.90 Å². The molecule has 1 saturated heterocycles. The molecule has 1 aliphatic heterocycles. The van der Waals surface area contributed by atoms with Crippen LogP contribution >= 0.6 is 0 Å². The number of fused-ring (bicyclic) bond motifs is 1. The number of nitrogens with zero attached hydrogens (tertiary/aromatic N) is 2. The van der Waals surface area contributed by atoms with Gasteiger partial charge in [0.2, 0.25) is 0 Å². The number of likely N-dealkylation sites (N-methyl/N-ethyl adjacent to an activating group) is 1. The number of Topliss-reactive ketones (excluding diaryl/α,β-unsaturated/α-hetero) is 1. The Bertz CT molecular complexity index is 464. The largest absolute Gasteiger partial charge is 0.304 e. The summed E-state index contributed by atoms with van der Waals surface area (Å²) in [7, 11) is 2.15. The standard InChI is InChI=1S/C16H22N2O/c1-17-9-11-18(12-10-17)15-8-4-6-13-5-2-3-7-14(13)16(15)19/h2-3,5,7,15H,4,6,8-12H2,1H3/t15-/m0/s1. The van der Waals surface area contributed by atoms with Crippen molar-refractivity contribution >= 4 is 5.78 Å². The van der Waals surface area contributed by atoms with Crippen molar-refractivity contribution in [3.8, 4) is 0 Å². The highest BCUT2D eigenvalue weighted by molar-refractivity contribution is 6.01. The smallest absolute Gasteiger partial charge is 0.180 e. The highest BCUT2D eigenvalue weighted by Gasteiger charge is 2.31. The van der Waals surface area contributed by atoms with Gasteiger partial charge in [-0.1, -0.05) is 24.3 Å². The molecule has 1 aromatic carbocycles. The van der Waals surface area contributed by atoms with Crippen LogP contribution in [-0.4, -0.2) is 54.9 Å². The van der Waals surface area contributed by atoms with E-state index in [9.17, 15) is 4.79 Å². The summed E-state index contributed by atoms with van der Waals surface area (Å²) in [6, 6.07) is 8.26. The van der Waals surface area contributed by atoms with Crippen LogP contribution in [0.25, 0.3) is 0 Å². The Morgan fingerprint density at radius 1 is 1.11 bits per heavy atom. The van der Waals surface area contributed by atoms with Crippen LogP contribution in [0.5, 0.6) is 0 Å². The lowest BCUT2D eigenvalue weighted by atomic mass is 9.99. The van der Waals surface area contributed by atoms with Gasteiger partial charge in [0.25, 0.3) is 0 Å². The summed E-state index contributed by atoms with van der Waals surface area (Å²) in [5, 5.41) is 0. The summed E-state index contributed by atoms with van der Waals surface area (Å²) in [5.74, 6) is 0.345. The average molecular weight is 258 g/mol. The number of carbonyl (C=O) groups excluding carboxylic acids is 1. The molecular formula is C16H22N2O. The Hall–Kier alpha value is -1.19. The van der Waals surface area contributed by atoms with E-state index in [0.717, 1.165) is 51.0 Å². The Morgan fingerprint density at radius 2 is 1.84 bits per heavy atom. The molecule has 0 spiro atoms. The number of hydrogen-bond acceptors (Lipinski definition) is 3. The lowest BCUT2D eigenvalue weighted by Gasteiger charge is -2.37. The summed E-state index contributed by atoms with van der Waals surface area (Å²) in [6.07, 6.45) is 3.18. The Morgan fingerprint density at radius 3 is 2.63 bits per heavy atom. The fourth-order valence-corrected chi connectivity index (χ4v) is 3.26. The molecule has 1 aromatic rings. The van der Waals surface area contributed by atoms with E-state index in [2.05, 4.69) is 22.9 Å². The molecule has 0 saturated carbocycles. The highest BCUT2D eigenvalue weighted by Crippen LogP contribution is 2.24. The third-order valence-electron chi connectivity index (χ3n) is 4.49. The highest BCUT2D eigenvalue weighted by atomic mass is 16.1. The second kappa shape index (κ2) is 5.43. The van der Waals surface area contributed by atoms with Crippen molar-refractivity contribution < 1.29 is 4.79 Å². The topological polar surface area (TPSA) is 23.6 Å². The molecule has 0 N–H and O–H groups in total. The molecule has 102 valence electrons. The number of piperazine rings is 1. The van der Waals surface area contributed by atoms with E-state index in [1.165, 1.54) is 5.56 Å². The van der Waals surface area contributed by atoms with Gasteiger partial charge in [-0.3, -0.25) is 9.69 Å². The van der Waals surface area contributed by atoms with Crippen molar-refractivity contribution in [1.82, 2.24) is 9.80 Å². The summed E-state index contributed by atoms with van der Waals surface area (Å²) >= 11 is 0. The second-order valence-corrected chi connectivity index (χ2v) is 5.77. The molecule has 3 heteroatoms. The first-order chi connectivity index (χ1) is 9.25. The summed E-state index contributed by atoms with van der Waals surface area (Å²) in [4.78, 5) is 17.5. The fraction of sp³-hybridized carbons (Fsp3) is 0.562. The van der Waals surface area contributed by atoms with Crippen LogP contribution < -0.4 is 0 Å². The predicted molar refractivity (Wildman–Crippen MR) is 76.6 cm³/mol. The minimum atomic E-state index is 0.109. The van der Waals surface area contributed by atoms with Crippen LogP contribution in [0.2, 0.25) is 0 Å². The number of carbonyl (C=O) groups is 1. The predicted octanol–water partition coefficient (Wildman–Crippen LogP) is 1.82. The van der Waals surface area contributed by atoms with Crippen molar-refractivity contribution in [1.29, 1.82) is 0 Å². The van der Waals surface area contributed by atoms with Crippen LogP contribution in [0, 0.1) is 0 Å². The van der Waals surface area contributed by atoms with E-state index < -0.39 is 0 Å². The fourth-order valence-electron chi connectivity index (χ4n) is 3.26. The SMILES string of the molecule is CN1CCN([C@H]2CCCc3ccccc3C2=O)CC1. The molecule has 0 bridgehead atoms. The maximum atomic E-state index is 12.8. The van der Waals surface area contributed by atoms with Crippen LogP contribution in [0.3, 0.4) is 0 Å². The normalized spacial score (nSPS) is 25.9. The number of aryl methyl sites for hydroxylation is 1. The van der Waals surface area contributed by atoms with Crippen LogP contribution in [0.4, 0.5) is 0 Å². The Kier molecular flexibility index (Phi) is 3.67. The summed E-state index contributed by atoms with van der Waals surface area (Å²) in [5.41, 5.74) is 2.20. The molecule has 3 rings (SSSR count). The zero-order chi connectivity index (χ0) is 13.2. The van der Waals surface area contributed by atoms with Gasteiger partial charge in [-0.25, -0.2) is 0 Å². The average Bonchev–Trinajstić information content (AvgIpc) is 2.60. The van der Waals surface area contributed by atoms with E-state index in [4.69, 9.17) is 0 Å². The van der Waals surface area contributed by atoms with Gasteiger partial charge in [0, 0.05) is 31.7 Å². The Balaban J connectivity index is 1.82. The quantitative estimate of drug-likeness (QED) is 0.718. The zero-order valence-electron chi connectivity index (χ0n) is 11.6. The van der Waals surface area contributed by atoms with E-state index in [0.29, 0.717) is 5.78 Å². The molecule has 1 atom stereocenters. The van der Waals surface area contributed by atoms with Crippen LogP contribution in [-0.2, 0) is 6.42 Å². The Labute approximate surface area is 115 Å². The van der Waals surface area contributed by atoms with E-state index in [-0.39, 0.29) is 6.04 Å². The molecule has 0 amide bonds. The molecule has 0 aromatic heterocycles. The number of hydrogen-bond donors (Lipinski definition) is 0. The molecular weight excluding hydrogens is 236 g/mol. The van der Waals surface area contributed by atoms with E-state index in [1.54, 1.807) is 0 Å². The molecule has 1 fully saturated rings.